The zero-order chi connectivity index (χ0) is 16.1. The van der Waals surface area contributed by atoms with Crippen molar-refractivity contribution in [1.82, 2.24) is 10.6 Å². The second kappa shape index (κ2) is 7.68. The summed E-state index contributed by atoms with van der Waals surface area (Å²) in [7, 11) is 1.83. The van der Waals surface area contributed by atoms with Gasteiger partial charge < -0.3 is 20.3 Å². The minimum Gasteiger partial charge on any atom is -0.381 e. The van der Waals surface area contributed by atoms with Gasteiger partial charge in [0, 0.05) is 50.9 Å². The first-order valence-corrected chi connectivity index (χ1v) is 8.64. The first-order chi connectivity index (χ1) is 11.3. The highest BCUT2D eigenvalue weighted by atomic mass is 16.5. The molecule has 0 spiro atoms. The largest absolute Gasteiger partial charge is 0.381 e. The third-order valence-corrected chi connectivity index (χ3v) is 4.80. The molecule has 0 aromatic heterocycles. The Morgan fingerprint density at radius 3 is 3.00 bits per heavy atom. The molecule has 0 amide bonds. The van der Waals surface area contributed by atoms with E-state index in [-0.39, 0.29) is 0 Å². The number of para-hydroxylation sites is 1. The van der Waals surface area contributed by atoms with Gasteiger partial charge in [-0.3, -0.25) is 4.99 Å². The molecule has 1 fully saturated rings. The Labute approximate surface area is 139 Å². The Balaban J connectivity index is 1.44. The smallest absolute Gasteiger partial charge is 0.191 e. The maximum Gasteiger partial charge on any atom is 0.191 e. The Kier molecular flexibility index (Phi) is 5.39. The van der Waals surface area contributed by atoms with Gasteiger partial charge in [0.25, 0.3) is 0 Å². The lowest BCUT2D eigenvalue weighted by molar-refractivity contribution is 0.186. The number of guanidine groups is 1. The molecule has 2 atom stereocenters. The van der Waals surface area contributed by atoms with Crippen LogP contribution in [0.25, 0.3) is 0 Å². The van der Waals surface area contributed by atoms with Crippen molar-refractivity contribution in [3.8, 4) is 0 Å². The summed E-state index contributed by atoms with van der Waals surface area (Å²) in [5.74, 6) is 1.50. The van der Waals surface area contributed by atoms with Gasteiger partial charge >= 0.3 is 0 Å². The van der Waals surface area contributed by atoms with Gasteiger partial charge in [0.2, 0.25) is 0 Å². The average Bonchev–Trinajstić information content (AvgIpc) is 3.18. The van der Waals surface area contributed by atoms with Crippen molar-refractivity contribution >= 4 is 11.6 Å². The number of ether oxygens (including phenoxy) is 1. The van der Waals surface area contributed by atoms with Crippen LogP contribution in [0.3, 0.4) is 0 Å². The SMILES string of the molecule is CN=C(NCCN1c2ccccc2CC1C)NCC1CCOC1. The maximum absolute atomic E-state index is 5.41. The van der Waals surface area contributed by atoms with E-state index in [1.807, 2.05) is 7.05 Å². The van der Waals surface area contributed by atoms with Crippen molar-refractivity contribution in [3.63, 3.8) is 0 Å². The number of hydrogen-bond donors (Lipinski definition) is 2. The van der Waals surface area contributed by atoms with Crippen molar-refractivity contribution in [3.05, 3.63) is 29.8 Å². The van der Waals surface area contributed by atoms with Crippen LogP contribution in [0.1, 0.15) is 18.9 Å². The lowest BCUT2D eigenvalue weighted by Gasteiger charge is -2.25. The van der Waals surface area contributed by atoms with Crippen LogP contribution in [0.2, 0.25) is 0 Å². The fraction of sp³-hybridized carbons (Fsp3) is 0.611. The summed E-state index contributed by atoms with van der Waals surface area (Å²) in [4.78, 5) is 6.80. The molecule has 2 unspecified atom stereocenters. The lowest BCUT2D eigenvalue weighted by atomic mass is 10.1. The molecule has 23 heavy (non-hydrogen) atoms. The predicted molar refractivity (Wildman–Crippen MR) is 95.2 cm³/mol. The van der Waals surface area contributed by atoms with E-state index in [4.69, 9.17) is 4.74 Å². The number of benzene rings is 1. The van der Waals surface area contributed by atoms with Crippen molar-refractivity contribution in [2.24, 2.45) is 10.9 Å². The number of aliphatic imine (C=N–C) groups is 1. The zero-order valence-electron chi connectivity index (χ0n) is 14.2. The molecular formula is C18H28N4O. The van der Waals surface area contributed by atoms with Crippen LogP contribution in [0.5, 0.6) is 0 Å². The molecular weight excluding hydrogens is 288 g/mol. The summed E-state index contributed by atoms with van der Waals surface area (Å²) in [5, 5.41) is 6.84. The summed E-state index contributed by atoms with van der Waals surface area (Å²) < 4.78 is 5.41. The minimum absolute atomic E-state index is 0.569. The molecule has 2 heterocycles. The van der Waals surface area contributed by atoms with E-state index in [9.17, 15) is 0 Å². The van der Waals surface area contributed by atoms with E-state index in [1.165, 1.54) is 11.3 Å². The number of anilines is 1. The molecule has 126 valence electrons. The Morgan fingerprint density at radius 1 is 1.35 bits per heavy atom. The molecule has 1 aromatic rings. The second-order valence-electron chi connectivity index (χ2n) is 6.48. The van der Waals surface area contributed by atoms with Crippen LogP contribution in [0, 0.1) is 5.92 Å². The van der Waals surface area contributed by atoms with Gasteiger partial charge in [0.1, 0.15) is 0 Å². The standard InChI is InChI=1S/C18H28N4O/c1-14-11-16-5-3-4-6-17(16)22(14)9-8-20-18(19-2)21-12-15-7-10-23-13-15/h3-6,14-15H,7-13H2,1-2H3,(H2,19,20,21). The van der Waals surface area contributed by atoms with Crippen molar-refractivity contribution in [1.29, 1.82) is 0 Å². The van der Waals surface area contributed by atoms with Gasteiger partial charge in [-0.2, -0.15) is 0 Å². The molecule has 0 aliphatic carbocycles. The van der Waals surface area contributed by atoms with E-state index >= 15 is 0 Å². The van der Waals surface area contributed by atoms with Gasteiger partial charge in [-0.25, -0.2) is 0 Å². The van der Waals surface area contributed by atoms with Crippen LogP contribution in [-0.4, -0.2) is 51.9 Å². The molecule has 0 radical (unpaired) electrons. The molecule has 0 bridgehead atoms. The third kappa shape index (κ3) is 3.96. The molecule has 1 saturated heterocycles. The van der Waals surface area contributed by atoms with Crippen molar-refractivity contribution < 1.29 is 4.74 Å². The summed E-state index contributed by atoms with van der Waals surface area (Å²) in [5.41, 5.74) is 2.84. The Hall–Kier alpha value is -1.75. The van der Waals surface area contributed by atoms with Gasteiger partial charge in [0.05, 0.1) is 6.61 Å². The summed E-state index contributed by atoms with van der Waals surface area (Å²) in [6.45, 7) is 6.87. The highest BCUT2D eigenvalue weighted by Crippen LogP contribution is 2.31. The van der Waals surface area contributed by atoms with Gasteiger partial charge in [-0.1, -0.05) is 18.2 Å². The van der Waals surface area contributed by atoms with Gasteiger partial charge in [-0.15, -0.1) is 0 Å². The Morgan fingerprint density at radius 2 is 2.22 bits per heavy atom. The highest BCUT2D eigenvalue weighted by Gasteiger charge is 2.24. The second-order valence-corrected chi connectivity index (χ2v) is 6.48. The zero-order valence-corrected chi connectivity index (χ0v) is 14.2. The van der Waals surface area contributed by atoms with Crippen LogP contribution < -0.4 is 15.5 Å². The lowest BCUT2D eigenvalue weighted by Crippen LogP contribution is -2.44. The fourth-order valence-corrected chi connectivity index (χ4v) is 3.47. The molecule has 5 heteroatoms. The maximum atomic E-state index is 5.41. The monoisotopic (exact) mass is 316 g/mol. The predicted octanol–water partition coefficient (Wildman–Crippen LogP) is 1.64. The Bertz CT molecular complexity index is 540. The quantitative estimate of drug-likeness (QED) is 0.640. The number of hydrogen-bond acceptors (Lipinski definition) is 3. The first kappa shape index (κ1) is 16.1. The fourth-order valence-electron chi connectivity index (χ4n) is 3.47. The van der Waals surface area contributed by atoms with E-state index < -0.39 is 0 Å². The van der Waals surface area contributed by atoms with Crippen LogP contribution >= 0.6 is 0 Å². The van der Waals surface area contributed by atoms with Crippen molar-refractivity contribution in [2.45, 2.75) is 25.8 Å². The average molecular weight is 316 g/mol. The molecule has 2 N–H and O–H groups in total. The highest BCUT2D eigenvalue weighted by molar-refractivity contribution is 5.79. The van der Waals surface area contributed by atoms with Crippen LogP contribution in [-0.2, 0) is 11.2 Å². The third-order valence-electron chi connectivity index (χ3n) is 4.80. The normalized spacial score (nSPS) is 23.9. The molecule has 3 rings (SSSR count). The molecule has 5 nitrogen and oxygen atoms in total. The number of fused-ring (bicyclic) bond motifs is 1. The molecule has 2 aliphatic rings. The number of nitrogens with one attached hydrogen (secondary N) is 2. The van der Waals surface area contributed by atoms with Gasteiger partial charge in [0.15, 0.2) is 5.96 Å². The van der Waals surface area contributed by atoms with Crippen LogP contribution in [0.4, 0.5) is 5.69 Å². The van der Waals surface area contributed by atoms with E-state index in [2.05, 4.69) is 51.7 Å². The van der Waals surface area contributed by atoms with Crippen LogP contribution in [0.15, 0.2) is 29.3 Å². The first-order valence-electron chi connectivity index (χ1n) is 8.64. The van der Waals surface area contributed by atoms with Gasteiger partial charge in [-0.05, 0) is 31.4 Å². The molecule has 1 aromatic carbocycles. The minimum atomic E-state index is 0.569. The van der Waals surface area contributed by atoms with Crippen molar-refractivity contribution in [2.75, 3.05) is 44.8 Å². The molecule has 2 aliphatic heterocycles. The number of nitrogens with zero attached hydrogens (tertiary/aromatic N) is 2. The van der Waals surface area contributed by atoms with E-state index in [1.54, 1.807) is 0 Å². The topological polar surface area (TPSA) is 48.9 Å². The summed E-state index contributed by atoms with van der Waals surface area (Å²) >= 11 is 0. The summed E-state index contributed by atoms with van der Waals surface area (Å²) in [6.07, 6.45) is 2.29. The molecule has 0 saturated carbocycles. The number of rotatable bonds is 5. The summed E-state index contributed by atoms with van der Waals surface area (Å²) in [6, 6.07) is 9.29. The van der Waals surface area contributed by atoms with E-state index in [0.717, 1.165) is 51.6 Å². The van der Waals surface area contributed by atoms with E-state index in [0.29, 0.717) is 12.0 Å².